The Bertz CT molecular complexity index is 287. The van der Waals surface area contributed by atoms with Crippen LogP contribution in [0.25, 0.3) is 0 Å². The van der Waals surface area contributed by atoms with Gasteiger partial charge in [0.15, 0.2) is 0 Å². The van der Waals surface area contributed by atoms with Gasteiger partial charge < -0.3 is 15.3 Å². The van der Waals surface area contributed by atoms with Gasteiger partial charge in [-0.05, 0) is 32.1 Å². The second-order valence-electron chi connectivity index (χ2n) is 5.90. The molecule has 1 saturated heterocycles. The second-order valence-corrected chi connectivity index (χ2v) is 5.90. The Labute approximate surface area is 103 Å². The van der Waals surface area contributed by atoms with Crippen molar-refractivity contribution in [2.24, 2.45) is 5.92 Å². The summed E-state index contributed by atoms with van der Waals surface area (Å²) in [7, 11) is 0. The van der Waals surface area contributed by atoms with Crippen LogP contribution >= 0.6 is 0 Å². The van der Waals surface area contributed by atoms with Crippen LogP contribution in [0.3, 0.4) is 0 Å². The number of nitrogens with zero attached hydrogens (tertiary/aromatic N) is 1. The molecule has 0 aromatic carbocycles. The van der Waals surface area contributed by atoms with E-state index in [-0.39, 0.29) is 11.8 Å². The molecule has 1 aliphatic heterocycles. The van der Waals surface area contributed by atoms with Crippen LogP contribution < -0.4 is 5.32 Å². The highest BCUT2D eigenvalue weighted by Crippen LogP contribution is 2.27. The van der Waals surface area contributed by atoms with Gasteiger partial charge in [0.05, 0.1) is 5.60 Å². The predicted octanol–water partition coefficient (Wildman–Crippen LogP) is 0.748. The summed E-state index contributed by atoms with van der Waals surface area (Å²) in [4.78, 5) is 13.8. The van der Waals surface area contributed by atoms with Crippen molar-refractivity contribution in [1.29, 1.82) is 0 Å². The lowest BCUT2D eigenvalue weighted by Crippen LogP contribution is -2.49. The van der Waals surface area contributed by atoms with Gasteiger partial charge in [0.2, 0.25) is 5.91 Å². The van der Waals surface area contributed by atoms with Crippen LogP contribution in [0.4, 0.5) is 0 Å². The average Bonchev–Trinajstić information content (AvgIpc) is 3.04. The molecule has 1 amide bonds. The van der Waals surface area contributed by atoms with Crippen LogP contribution in [0.1, 0.15) is 39.5 Å². The smallest absolute Gasteiger partial charge is 0.221 e. The number of aliphatic hydroxyl groups is 1. The van der Waals surface area contributed by atoms with Gasteiger partial charge in [-0.1, -0.05) is 6.92 Å². The number of amides is 1. The number of piperidine rings is 1. The molecule has 2 fully saturated rings. The van der Waals surface area contributed by atoms with Gasteiger partial charge in [-0.2, -0.15) is 0 Å². The first-order chi connectivity index (χ1) is 7.97. The molecule has 0 aromatic heterocycles. The summed E-state index contributed by atoms with van der Waals surface area (Å²) in [5.41, 5.74) is -0.535. The van der Waals surface area contributed by atoms with Gasteiger partial charge in [0.1, 0.15) is 0 Å². The SMILES string of the molecule is C[C@@H]1CN(CCC(=O)NC2CC2)CC[C@]1(C)O. The van der Waals surface area contributed by atoms with E-state index < -0.39 is 5.60 Å². The quantitative estimate of drug-likeness (QED) is 0.762. The lowest BCUT2D eigenvalue weighted by atomic mass is 9.84. The van der Waals surface area contributed by atoms with E-state index in [1.165, 1.54) is 0 Å². The third kappa shape index (κ3) is 3.68. The largest absolute Gasteiger partial charge is 0.390 e. The summed E-state index contributed by atoms with van der Waals surface area (Å²) < 4.78 is 0. The number of hydrogen-bond acceptors (Lipinski definition) is 3. The van der Waals surface area contributed by atoms with Gasteiger partial charge in [-0.25, -0.2) is 0 Å². The van der Waals surface area contributed by atoms with Crippen molar-refractivity contribution in [2.45, 2.75) is 51.2 Å². The molecule has 2 atom stereocenters. The van der Waals surface area contributed by atoms with E-state index in [4.69, 9.17) is 0 Å². The van der Waals surface area contributed by atoms with Crippen LogP contribution in [0.2, 0.25) is 0 Å². The summed E-state index contributed by atoms with van der Waals surface area (Å²) in [6.45, 7) is 6.60. The minimum Gasteiger partial charge on any atom is -0.390 e. The fourth-order valence-electron chi connectivity index (χ4n) is 2.30. The maximum atomic E-state index is 11.6. The minimum absolute atomic E-state index is 0.178. The van der Waals surface area contributed by atoms with Crippen molar-refractivity contribution in [3.8, 4) is 0 Å². The Morgan fingerprint density at radius 3 is 2.82 bits per heavy atom. The molecule has 4 heteroatoms. The van der Waals surface area contributed by atoms with E-state index in [1.807, 2.05) is 6.92 Å². The highest BCUT2D eigenvalue weighted by Gasteiger charge is 2.34. The normalized spacial score (nSPS) is 34.6. The number of hydrogen-bond donors (Lipinski definition) is 2. The Morgan fingerprint density at radius 1 is 1.53 bits per heavy atom. The monoisotopic (exact) mass is 240 g/mol. The maximum Gasteiger partial charge on any atom is 0.221 e. The summed E-state index contributed by atoms with van der Waals surface area (Å²) in [5.74, 6) is 0.459. The fraction of sp³-hybridized carbons (Fsp3) is 0.923. The lowest BCUT2D eigenvalue weighted by molar-refractivity contribution is -0.122. The number of rotatable bonds is 4. The Kier molecular flexibility index (Phi) is 3.73. The van der Waals surface area contributed by atoms with Crippen LogP contribution in [-0.2, 0) is 4.79 Å². The Morgan fingerprint density at radius 2 is 2.24 bits per heavy atom. The summed E-state index contributed by atoms with van der Waals surface area (Å²) in [6, 6.07) is 0.462. The molecule has 0 spiro atoms. The van der Waals surface area contributed by atoms with Crippen molar-refractivity contribution in [2.75, 3.05) is 19.6 Å². The van der Waals surface area contributed by atoms with E-state index in [0.717, 1.165) is 38.9 Å². The zero-order valence-corrected chi connectivity index (χ0v) is 10.9. The molecule has 17 heavy (non-hydrogen) atoms. The maximum absolute atomic E-state index is 11.6. The van der Waals surface area contributed by atoms with Crippen LogP contribution in [-0.4, -0.2) is 47.2 Å². The number of nitrogens with one attached hydrogen (secondary N) is 1. The van der Waals surface area contributed by atoms with Crippen LogP contribution in [0.15, 0.2) is 0 Å². The third-order valence-corrected chi connectivity index (χ3v) is 4.13. The molecule has 2 N–H and O–H groups in total. The highest BCUT2D eigenvalue weighted by molar-refractivity contribution is 5.76. The first-order valence-corrected chi connectivity index (χ1v) is 6.71. The summed E-state index contributed by atoms with van der Waals surface area (Å²) >= 11 is 0. The molecular weight excluding hydrogens is 216 g/mol. The molecule has 0 bridgehead atoms. The first kappa shape index (κ1) is 12.8. The molecule has 0 unspecified atom stereocenters. The molecule has 1 heterocycles. The molecule has 4 nitrogen and oxygen atoms in total. The fourth-order valence-corrected chi connectivity index (χ4v) is 2.30. The van der Waals surface area contributed by atoms with Crippen molar-refractivity contribution in [3.63, 3.8) is 0 Å². The van der Waals surface area contributed by atoms with Gasteiger partial charge >= 0.3 is 0 Å². The Hall–Kier alpha value is -0.610. The molecule has 1 saturated carbocycles. The molecule has 0 radical (unpaired) electrons. The lowest BCUT2D eigenvalue weighted by Gasteiger charge is -2.41. The van der Waals surface area contributed by atoms with E-state index in [0.29, 0.717) is 12.5 Å². The summed E-state index contributed by atoms with van der Waals surface area (Å²) in [5, 5.41) is 13.1. The predicted molar refractivity (Wildman–Crippen MR) is 66.6 cm³/mol. The first-order valence-electron chi connectivity index (χ1n) is 6.71. The van der Waals surface area contributed by atoms with Crippen LogP contribution in [0, 0.1) is 5.92 Å². The van der Waals surface area contributed by atoms with E-state index in [1.54, 1.807) is 0 Å². The second kappa shape index (κ2) is 4.94. The molecule has 1 aliphatic carbocycles. The van der Waals surface area contributed by atoms with E-state index >= 15 is 0 Å². The van der Waals surface area contributed by atoms with Crippen molar-refractivity contribution < 1.29 is 9.90 Å². The average molecular weight is 240 g/mol. The summed E-state index contributed by atoms with van der Waals surface area (Å²) in [6.07, 6.45) is 3.69. The number of likely N-dealkylation sites (tertiary alicyclic amines) is 1. The number of carbonyl (C=O) groups excluding carboxylic acids is 1. The topological polar surface area (TPSA) is 52.6 Å². The van der Waals surface area contributed by atoms with Crippen molar-refractivity contribution in [1.82, 2.24) is 10.2 Å². The number of carbonyl (C=O) groups is 1. The minimum atomic E-state index is -0.535. The molecule has 98 valence electrons. The zero-order valence-electron chi connectivity index (χ0n) is 10.9. The molecular formula is C13H24N2O2. The van der Waals surface area contributed by atoms with E-state index in [9.17, 15) is 9.90 Å². The third-order valence-electron chi connectivity index (χ3n) is 4.13. The van der Waals surface area contributed by atoms with Crippen molar-refractivity contribution >= 4 is 5.91 Å². The molecule has 2 rings (SSSR count). The van der Waals surface area contributed by atoms with Gasteiger partial charge in [0.25, 0.3) is 0 Å². The van der Waals surface area contributed by atoms with Gasteiger partial charge in [-0.15, -0.1) is 0 Å². The Balaban J connectivity index is 1.67. The highest BCUT2D eigenvalue weighted by atomic mass is 16.3. The van der Waals surface area contributed by atoms with Gasteiger partial charge in [-0.3, -0.25) is 4.79 Å². The van der Waals surface area contributed by atoms with Crippen molar-refractivity contribution in [3.05, 3.63) is 0 Å². The zero-order chi connectivity index (χ0) is 12.5. The molecule has 0 aromatic rings. The molecule has 2 aliphatic rings. The van der Waals surface area contributed by atoms with E-state index in [2.05, 4.69) is 17.1 Å². The van der Waals surface area contributed by atoms with Crippen LogP contribution in [0.5, 0.6) is 0 Å². The standard InChI is InChI=1S/C13H24N2O2/c1-10-9-15(8-6-13(10,2)17)7-5-12(16)14-11-3-4-11/h10-11,17H,3-9H2,1-2H3,(H,14,16)/t10-,13+/m1/s1. The van der Waals surface area contributed by atoms with Gasteiger partial charge in [0, 0.05) is 32.1 Å².